The summed E-state index contributed by atoms with van der Waals surface area (Å²) in [6, 6.07) is 4.92. The zero-order chi connectivity index (χ0) is 11.0. The van der Waals surface area contributed by atoms with Crippen molar-refractivity contribution in [1.29, 1.82) is 0 Å². The number of carboxylic acid groups (broad SMARTS) is 1. The number of hydrogen-bond donors (Lipinski definition) is 1. The van der Waals surface area contributed by atoms with E-state index in [2.05, 4.69) is 10.9 Å². The van der Waals surface area contributed by atoms with Crippen molar-refractivity contribution in [3.05, 3.63) is 29.6 Å². The first-order valence-electron chi connectivity index (χ1n) is 4.30. The van der Waals surface area contributed by atoms with Gasteiger partial charge in [0, 0.05) is 7.05 Å². The smallest absolute Gasteiger partial charge is 0.337 e. The molecule has 1 heterocycles. The number of aromatic carboxylic acids is 1. The van der Waals surface area contributed by atoms with Gasteiger partial charge in [-0.2, -0.15) is 0 Å². The Morgan fingerprint density at radius 2 is 2.33 bits per heavy atom. The van der Waals surface area contributed by atoms with Crippen molar-refractivity contribution < 1.29 is 9.90 Å². The van der Waals surface area contributed by atoms with Gasteiger partial charge in [0.1, 0.15) is 0 Å². The van der Waals surface area contributed by atoms with E-state index >= 15 is 0 Å². The molecule has 1 N–H and O–H groups in total. The molecule has 1 aromatic carbocycles. The summed E-state index contributed by atoms with van der Waals surface area (Å²) in [6.07, 6.45) is 5.26. The fraction of sp³-hybridized carbons (Fsp3) is 0.0909. The van der Waals surface area contributed by atoms with Crippen LogP contribution in [0.5, 0.6) is 0 Å². The Morgan fingerprint density at radius 3 is 2.93 bits per heavy atom. The predicted molar refractivity (Wildman–Crippen MR) is 55.6 cm³/mol. The first kappa shape index (κ1) is 9.28. The summed E-state index contributed by atoms with van der Waals surface area (Å²) >= 11 is 0. The molecule has 0 saturated carbocycles. The summed E-state index contributed by atoms with van der Waals surface area (Å²) in [5.41, 5.74) is 1.37. The second-order valence-electron chi connectivity index (χ2n) is 3.12. The van der Waals surface area contributed by atoms with Crippen LogP contribution in [-0.4, -0.2) is 20.6 Å². The summed E-state index contributed by atoms with van der Waals surface area (Å²) in [4.78, 5) is 15.1. The highest BCUT2D eigenvalue weighted by Crippen LogP contribution is 2.19. The largest absolute Gasteiger partial charge is 0.478 e. The molecule has 0 amide bonds. The Bertz CT molecular complexity index is 590. The number of para-hydroxylation sites is 1. The van der Waals surface area contributed by atoms with Crippen molar-refractivity contribution in [2.24, 2.45) is 7.05 Å². The lowest BCUT2D eigenvalue weighted by atomic mass is 10.2. The van der Waals surface area contributed by atoms with Crippen LogP contribution in [0.25, 0.3) is 11.0 Å². The molecule has 1 aromatic heterocycles. The molecule has 0 fully saturated rings. The van der Waals surface area contributed by atoms with Crippen LogP contribution >= 0.6 is 0 Å². The Kier molecular flexibility index (Phi) is 1.94. The average Bonchev–Trinajstić information content (AvgIpc) is 2.55. The molecular weight excluding hydrogens is 192 g/mol. The molecular formula is C11H8N2O2. The van der Waals surface area contributed by atoms with Crippen LogP contribution in [0.1, 0.15) is 16.2 Å². The number of carboxylic acids is 1. The number of terminal acetylenes is 1. The molecule has 0 bridgehead atoms. The molecule has 2 aromatic rings. The van der Waals surface area contributed by atoms with Crippen molar-refractivity contribution in [3.8, 4) is 12.3 Å². The van der Waals surface area contributed by atoms with Crippen LogP contribution in [0.15, 0.2) is 18.2 Å². The third-order valence-electron chi connectivity index (χ3n) is 2.25. The second kappa shape index (κ2) is 3.14. The monoisotopic (exact) mass is 200 g/mol. The van der Waals surface area contributed by atoms with Crippen molar-refractivity contribution in [3.63, 3.8) is 0 Å². The van der Waals surface area contributed by atoms with Gasteiger partial charge in [0.05, 0.1) is 16.6 Å². The van der Waals surface area contributed by atoms with E-state index in [4.69, 9.17) is 11.5 Å². The van der Waals surface area contributed by atoms with Crippen LogP contribution in [-0.2, 0) is 7.05 Å². The van der Waals surface area contributed by atoms with Gasteiger partial charge in [-0.15, -0.1) is 6.42 Å². The van der Waals surface area contributed by atoms with Gasteiger partial charge in [-0.1, -0.05) is 6.07 Å². The quantitative estimate of drug-likeness (QED) is 0.705. The molecule has 4 heteroatoms. The van der Waals surface area contributed by atoms with E-state index in [0.29, 0.717) is 16.9 Å². The van der Waals surface area contributed by atoms with Crippen LogP contribution in [0.3, 0.4) is 0 Å². The fourth-order valence-electron chi connectivity index (χ4n) is 1.57. The number of carbonyl (C=O) groups is 1. The maximum atomic E-state index is 11.0. The van der Waals surface area contributed by atoms with Gasteiger partial charge in [-0.05, 0) is 18.1 Å². The lowest BCUT2D eigenvalue weighted by Crippen LogP contribution is -2.01. The van der Waals surface area contributed by atoms with Gasteiger partial charge < -0.3 is 9.67 Å². The molecule has 4 nitrogen and oxygen atoms in total. The number of aryl methyl sites for hydroxylation is 1. The maximum Gasteiger partial charge on any atom is 0.337 e. The standard InChI is InChI=1S/C11H8N2O2/c1-3-9-12-8-6-4-5-7(11(14)15)10(8)13(9)2/h1,4-6H,2H3,(H,14,15). The summed E-state index contributed by atoms with van der Waals surface area (Å²) in [6.45, 7) is 0. The van der Waals surface area contributed by atoms with Gasteiger partial charge in [-0.3, -0.25) is 0 Å². The zero-order valence-corrected chi connectivity index (χ0v) is 8.06. The molecule has 0 unspecified atom stereocenters. The topological polar surface area (TPSA) is 55.1 Å². The average molecular weight is 200 g/mol. The predicted octanol–water partition coefficient (Wildman–Crippen LogP) is 1.25. The normalized spacial score (nSPS) is 10.1. The number of benzene rings is 1. The second-order valence-corrected chi connectivity index (χ2v) is 3.12. The molecule has 0 aliphatic rings. The van der Waals surface area contributed by atoms with Gasteiger partial charge >= 0.3 is 5.97 Å². The highest BCUT2D eigenvalue weighted by Gasteiger charge is 2.14. The Morgan fingerprint density at radius 1 is 1.60 bits per heavy atom. The highest BCUT2D eigenvalue weighted by molar-refractivity contribution is 6.01. The van der Waals surface area contributed by atoms with E-state index in [9.17, 15) is 4.79 Å². The van der Waals surface area contributed by atoms with Crippen molar-refractivity contribution >= 4 is 17.0 Å². The molecule has 0 saturated heterocycles. The van der Waals surface area contributed by atoms with E-state index in [1.807, 2.05) is 0 Å². The summed E-state index contributed by atoms with van der Waals surface area (Å²) < 4.78 is 1.61. The molecule has 0 aliphatic heterocycles. The van der Waals surface area contributed by atoms with Crippen molar-refractivity contribution in [2.45, 2.75) is 0 Å². The van der Waals surface area contributed by atoms with E-state index in [0.717, 1.165) is 0 Å². The summed E-state index contributed by atoms with van der Waals surface area (Å²) in [7, 11) is 1.71. The van der Waals surface area contributed by atoms with Crippen LogP contribution in [0.4, 0.5) is 0 Å². The summed E-state index contributed by atoms with van der Waals surface area (Å²) in [5, 5.41) is 9.00. The van der Waals surface area contributed by atoms with Gasteiger partial charge in [0.25, 0.3) is 0 Å². The van der Waals surface area contributed by atoms with Crippen molar-refractivity contribution in [2.75, 3.05) is 0 Å². The zero-order valence-electron chi connectivity index (χ0n) is 8.06. The van der Waals surface area contributed by atoms with E-state index < -0.39 is 5.97 Å². The Hall–Kier alpha value is -2.28. The molecule has 0 radical (unpaired) electrons. The third kappa shape index (κ3) is 1.25. The number of imidazole rings is 1. The van der Waals surface area contributed by atoms with Gasteiger partial charge in [0.2, 0.25) is 0 Å². The van der Waals surface area contributed by atoms with Crippen molar-refractivity contribution in [1.82, 2.24) is 9.55 Å². The van der Waals surface area contributed by atoms with Crippen LogP contribution < -0.4 is 0 Å². The SMILES string of the molecule is C#Cc1nc2cccc(C(=O)O)c2n1C. The van der Waals surface area contributed by atoms with E-state index in [1.54, 1.807) is 23.7 Å². The summed E-state index contributed by atoms with van der Waals surface area (Å²) in [5.74, 6) is 1.86. The number of aromatic nitrogens is 2. The lowest BCUT2D eigenvalue weighted by molar-refractivity contribution is 0.0698. The molecule has 74 valence electrons. The first-order valence-corrected chi connectivity index (χ1v) is 4.30. The highest BCUT2D eigenvalue weighted by atomic mass is 16.4. The lowest BCUT2D eigenvalue weighted by Gasteiger charge is -1.99. The van der Waals surface area contributed by atoms with E-state index in [-0.39, 0.29) is 5.56 Å². The third-order valence-corrected chi connectivity index (χ3v) is 2.25. The first-order chi connectivity index (χ1) is 7.15. The maximum absolute atomic E-state index is 11.0. The molecule has 2 rings (SSSR count). The molecule has 0 atom stereocenters. The van der Waals surface area contributed by atoms with Crippen LogP contribution in [0, 0.1) is 12.3 Å². The minimum absolute atomic E-state index is 0.212. The minimum atomic E-state index is -0.979. The molecule has 0 spiro atoms. The Labute approximate surface area is 86.2 Å². The molecule has 15 heavy (non-hydrogen) atoms. The number of fused-ring (bicyclic) bond motifs is 1. The minimum Gasteiger partial charge on any atom is -0.478 e. The number of nitrogens with zero attached hydrogens (tertiary/aromatic N) is 2. The molecule has 0 aliphatic carbocycles. The number of rotatable bonds is 1. The fourth-order valence-corrected chi connectivity index (χ4v) is 1.57. The van der Waals surface area contributed by atoms with Gasteiger partial charge in [0.15, 0.2) is 5.82 Å². The van der Waals surface area contributed by atoms with E-state index in [1.165, 1.54) is 6.07 Å². The van der Waals surface area contributed by atoms with Gasteiger partial charge in [-0.25, -0.2) is 9.78 Å². The number of hydrogen-bond acceptors (Lipinski definition) is 2. The Balaban J connectivity index is 2.92. The van der Waals surface area contributed by atoms with Crippen LogP contribution in [0.2, 0.25) is 0 Å².